The van der Waals surface area contributed by atoms with Gasteiger partial charge >= 0.3 is 0 Å². The highest BCUT2D eigenvalue weighted by molar-refractivity contribution is 6.22. The Hall–Kier alpha value is -7.76. The van der Waals surface area contributed by atoms with Crippen LogP contribution in [0.25, 0.3) is 111 Å². The largest absolute Gasteiger partial charge is 0.454 e. The van der Waals surface area contributed by atoms with E-state index < -0.39 is 0 Å². The minimum absolute atomic E-state index is 0.801. The molecule has 0 bridgehead atoms. The first-order valence-electron chi connectivity index (χ1n) is 19.0. The summed E-state index contributed by atoms with van der Waals surface area (Å²) in [5, 5.41) is 5.56. The van der Waals surface area contributed by atoms with Crippen LogP contribution in [0.3, 0.4) is 0 Å². The second-order valence-electron chi connectivity index (χ2n) is 14.2. The average molecular weight is 729 g/mol. The number of furan rings is 1. The van der Waals surface area contributed by atoms with Gasteiger partial charge in [0.25, 0.3) is 0 Å². The van der Waals surface area contributed by atoms with Crippen molar-refractivity contribution in [3.8, 4) is 67.4 Å². The van der Waals surface area contributed by atoms with Crippen LogP contribution in [0.15, 0.2) is 199 Å². The highest BCUT2D eigenvalue weighted by Crippen LogP contribution is 2.42. The number of rotatable bonds is 6. The number of nitrogens with zero attached hydrogens (tertiary/aromatic N) is 4. The zero-order valence-electron chi connectivity index (χ0n) is 30.7. The molecule has 0 amide bonds. The van der Waals surface area contributed by atoms with E-state index in [-0.39, 0.29) is 0 Å². The molecule has 6 aromatic carbocycles. The molecule has 266 valence electrons. The van der Waals surface area contributed by atoms with Crippen LogP contribution in [0.4, 0.5) is 0 Å². The molecule has 57 heavy (non-hydrogen) atoms. The van der Waals surface area contributed by atoms with Crippen molar-refractivity contribution in [2.45, 2.75) is 0 Å². The maximum absolute atomic E-state index is 6.60. The Bertz CT molecular complexity index is 3240. The molecule has 11 aromatic rings. The van der Waals surface area contributed by atoms with E-state index in [9.17, 15) is 0 Å². The molecule has 0 saturated carbocycles. The lowest BCUT2D eigenvalue weighted by molar-refractivity contribution is 0.669. The molecule has 0 saturated heterocycles. The number of fused-ring (bicyclic) bond motifs is 6. The first-order valence-corrected chi connectivity index (χ1v) is 19.0. The quantitative estimate of drug-likeness (QED) is 0.171. The molecule has 0 spiro atoms. The van der Waals surface area contributed by atoms with Crippen LogP contribution < -0.4 is 0 Å². The van der Waals surface area contributed by atoms with Gasteiger partial charge in [0.1, 0.15) is 11.3 Å². The molecule has 5 heterocycles. The number of benzene rings is 6. The molecule has 0 aliphatic carbocycles. The molecule has 0 aliphatic heterocycles. The SMILES string of the molecule is c1ccc(-c2cc(-c3cccc(-c4cccc(-c5ccc6c(c5)nc(-c5cccc7ccccc57)c5oc7ccccc7c56)c4)c3)cc(-c3ccccn3)n2)nc1. The van der Waals surface area contributed by atoms with Gasteiger partial charge < -0.3 is 4.42 Å². The van der Waals surface area contributed by atoms with Gasteiger partial charge in [-0.3, -0.25) is 9.97 Å². The molecule has 5 heteroatoms. The number of para-hydroxylation sites is 1. The monoisotopic (exact) mass is 728 g/mol. The Morgan fingerprint density at radius 1 is 0.368 bits per heavy atom. The van der Waals surface area contributed by atoms with Crippen molar-refractivity contribution >= 4 is 43.6 Å². The highest BCUT2D eigenvalue weighted by atomic mass is 16.3. The summed E-state index contributed by atoms with van der Waals surface area (Å²) in [4.78, 5) is 19.6. The third kappa shape index (κ3) is 5.81. The fraction of sp³-hybridized carbons (Fsp3) is 0. The molecule has 0 fully saturated rings. The molecule has 5 aromatic heterocycles. The average Bonchev–Trinajstić information content (AvgIpc) is 3.69. The van der Waals surface area contributed by atoms with Crippen LogP contribution in [0, 0.1) is 0 Å². The molecular weight excluding hydrogens is 697 g/mol. The smallest absolute Gasteiger partial charge is 0.162 e. The lowest BCUT2D eigenvalue weighted by Crippen LogP contribution is -1.94. The Kier molecular flexibility index (Phi) is 7.74. The van der Waals surface area contributed by atoms with Gasteiger partial charge in [-0.2, -0.15) is 0 Å². The molecule has 0 unspecified atom stereocenters. The van der Waals surface area contributed by atoms with Crippen molar-refractivity contribution in [3.05, 3.63) is 194 Å². The van der Waals surface area contributed by atoms with Crippen LogP contribution in [0.2, 0.25) is 0 Å². The first kappa shape index (κ1) is 32.7. The molecule has 0 radical (unpaired) electrons. The minimum Gasteiger partial charge on any atom is -0.454 e. The number of hydrogen-bond donors (Lipinski definition) is 0. The van der Waals surface area contributed by atoms with E-state index in [4.69, 9.17) is 14.4 Å². The standard InChI is InChI=1S/C52H32N4O/c1-2-18-40-33(12-1)13-11-20-41(40)51-52-50(43-19-3-4-23-49(43)57-52)42-25-24-38(30-46(42)56-51)36-16-9-14-34(28-36)35-15-10-17-37(29-35)39-31-47(44-21-5-7-26-53-44)55-48(32-39)45-22-6-8-27-54-45/h1-32H. The second kappa shape index (κ2) is 13.5. The van der Waals surface area contributed by atoms with E-state index in [0.717, 1.165) is 106 Å². The summed E-state index contributed by atoms with van der Waals surface area (Å²) < 4.78 is 6.60. The number of aromatic nitrogens is 4. The van der Waals surface area contributed by atoms with Crippen LogP contribution in [-0.2, 0) is 0 Å². The Morgan fingerprint density at radius 2 is 0.947 bits per heavy atom. The van der Waals surface area contributed by atoms with Gasteiger partial charge in [-0.1, -0.05) is 121 Å². The van der Waals surface area contributed by atoms with Crippen molar-refractivity contribution < 1.29 is 4.42 Å². The summed E-state index contributed by atoms with van der Waals surface area (Å²) in [6.45, 7) is 0. The lowest BCUT2D eigenvalue weighted by atomic mass is 9.94. The summed E-state index contributed by atoms with van der Waals surface area (Å²) in [6.07, 6.45) is 3.60. The van der Waals surface area contributed by atoms with Gasteiger partial charge in [-0.15, -0.1) is 0 Å². The summed E-state index contributed by atoms with van der Waals surface area (Å²) in [6, 6.07) is 63.2. The van der Waals surface area contributed by atoms with Crippen molar-refractivity contribution in [3.63, 3.8) is 0 Å². The van der Waals surface area contributed by atoms with E-state index in [1.807, 2.05) is 48.5 Å². The van der Waals surface area contributed by atoms with Crippen molar-refractivity contribution in [1.29, 1.82) is 0 Å². The predicted molar refractivity (Wildman–Crippen MR) is 233 cm³/mol. The summed E-state index contributed by atoms with van der Waals surface area (Å²) in [5.41, 5.74) is 14.3. The summed E-state index contributed by atoms with van der Waals surface area (Å²) in [7, 11) is 0. The van der Waals surface area contributed by atoms with Gasteiger partial charge in [0.05, 0.1) is 28.3 Å². The van der Waals surface area contributed by atoms with E-state index in [0.29, 0.717) is 0 Å². The molecular formula is C52H32N4O. The molecule has 5 nitrogen and oxygen atoms in total. The van der Waals surface area contributed by atoms with Crippen LogP contribution in [0.1, 0.15) is 0 Å². The minimum atomic E-state index is 0.801. The van der Waals surface area contributed by atoms with Gasteiger partial charge in [0, 0.05) is 34.1 Å². The Morgan fingerprint density at radius 3 is 1.63 bits per heavy atom. The van der Waals surface area contributed by atoms with Crippen molar-refractivity contribution in [2.24, 2.45) is 0 Å². The third-order valence-corrected chi connectivity index (χ3v) is 10.8. The summed E-state index contributed by atoms with van der Waals surface area (Å²) >= 11 is 0. The van der Waals surface area contributed by atoms with E-state index in [1.54, 1.807) is 12.4 Å². The molecule has 0 atom stereocenters. The van der Waals surface area contributed by atoms with E-state index in [2.05, 4.69) is 143 Å². The third-order valence-electron chi connectivity index (χ3n) is 10.8. The molecule has 0 N–H and O–H groups in total. The normalized spacial score (nSPS) is 11.5. The fourth-order valence-corrected chi connectivity index (χ4v) is 8.03. The Labute approximate surface area is 328 Å². The van der Waals surface area contributed by atoms with Gasteiger partial charge in [-0.05, 0) is 105 Å². The second-order valence-corrected chi connectivity index (χ2v) is 14.2. The van der Waals surface area contributed by atoms with Crippen LogP contribution in [-0.4, -0.2) is 19.9 Å². The Balaban J connectivity index is 1.02. The fourth-order valence-electron chi connectivity index (χ4n) is 8.03. The summed E-state index contributed by atoms with van der Waals surface area (Å²) in [5.74, 6) is 0. The maximum atomic E-state index is 6.60. The lowest BCUT2D eigenvalue weighted by Gasteiger charge is -2.12. The number of pyridine rings is 4. The molecule has 0 aliphatic rings. The topological polar surface area (TPSA) is 64.7 Å². The van der Waals surface area contributed by atoms with Gasteiger partial charge in [0.2, 0.25) is 0 Å². The molecule has 11 rings (SSSR count). The van der Waals surface area contributed by atoms with Gasteiger partial charge in [0.15, 0.2) is 5.58 Å². The van der Waals surface area contributed by atoms with E-state index in [1.165, 1.54) is 5.39 Å². The van der Waals surface area contributed by atoms with E-state index >= 15 is 0 Å². The first-order chi connectivity index (χ1) is 28.2. The van der Waals surface area contributed by atoms with Crippen LogP contribution in [0.5, 0.6) is 0 Å². The maximum Gasteiger partial charge on any atom is 0.162 e. The van der Waals surface area contributed by atoms with Gasteiger partial charge in [-0.25, -0.2) is 9.97 Å². The zero-order valence-corrected chi connectivity index (χ0v) is 30.7. The van der Waals surface area contributed by atoms with Crippen molar-refractivity contribution in [1.82, 2.24) is 19.9 Å². The number of hydrogen-bond acceptors (Lipinski definition) is 5. The zero-order chi connectivity index (χ0) is 37.7. The predicted octanol–water partition coefficient (Wildman–Crippen LogP) is 13.5. The van der Waals surface area contributed by atoms with Crippen LogP contribution >= 0.6 is 0 Å². The van der Waals surface area contributed by atoms with Crippen molar-refractivity contribution in [2.75, 3.05) is 0 Å². The highest BCUT2D eigenvalue weighted by Gasteiger charge is 2.20.